The van der Waals surface area contributed by atoms with Crippen LogP contribution in [0.1, 0.15) is 5.56 Å². The van der Waals surface area contributed by atoms with Crippen molar-refractivity contribution >= 4 is 23.6 Å². The molecule has 24 heavy (non-hydrogen) atoms. The van der Waals surface area contributed by atoms with E-state index in [2.05, 4.69) is 15.6 Å². The second-order valence-corrected chi connectivity index (χ2v) is 5.34. The van der Waals surface area contributed by atoms with Gasteiger partial charge in [0.15, 0.2) is 11.5 Å². The number of ether oxygens (including phenoxy) is 2. The molecule has 0 spiro atoms. The Morgan fingerprint density at radius 1 is 1.04 bits per heavy atom. The molecule has 2 N–H and O–H groups in total. The van der Waals surface area contributed by atoms with Crippen molar-refractivity contribution in [2.45, 2.75) is 0 Å². The maximum Gasteiger partial charge on any atom is 0.276 e. The molecule has 0 radical (unpaired) electrons. The van der Waals surface area contributed by atoms with Crippen molar-refractivity contribution in [2.24, 2.45) is 4.99 Å². The lowest BCUT2D eigenvalue weighted by atomic mass is 10.1. The fourth-order valence-corrected chi connectivity index (χ4v) is 2.49. The summed E-state index contributed by atoms with van der Waals surface area (Å²) in [5.74, 6) is 1.56. The van der Waals surface area contributed by atoms with E-state index in [-0.39, 0.29) is 5.91 Å². The number of carbonyl (C=O) groups excluding carboxylic acids is 1. The largest absolute Gasteiger partial charge is 0.486 e. The van der Waals surface area contributed by atoms with Crippen LogP contribution in [0.5, 0.6) is 11.5 Å². The van der Waals surface area contributed by atoms with Crippen molar-refractivity contribution in [1.29, 1.82) is 0 Å². The predicted octanol–water partition coefficient (Wildman–Crippen LogP) is 2.40. The Kier molecular flexibility index (Phi) is 3.63. The van der Waals surface area contributed by atoms with Crippen molar-refractivity contribution in [3.63, 3.8) is 0 Å². The number of amides is 1. The van der Waals surface area contributed by atoms with E-state index in [4.69, 9.17) is 9.47 Å². The lowest BCUT2D eigenvalue weighted by Gasteiger charge is -2.18. The summed E-state index contributed by atoms with van der Waals surface area (Å²) in [6.45, 7) is 1.07. The van der Waals surface area contributed by atoms with E-state index < -0.39 is 0 Å². The number of anilines is 1. The highest BCUT2D eigenvalue weighted by Crippen LogP contribution is 2.31. The van der Waals surface area contributed by atoms with Crippen molar-refractivity contribution in [1.82, 2.24) is 5.32 Å². The van der Waals surface area contributed by atoms with E-state index in [0.717, 1.165) is 11.3 Å². The molecule has 2 aliphatic rings. The van der Waals surface area contributed by atoms with E-state index in [0.29, 0.717) is 36.4 Å². The van der Waals surface area contributed by atoms with Crippen LogP contribution in [0.4, 0.5) is 5.69 Å². The van der Waals surface area contributed by atoms with Crippen LogP contribution in [0.2, 0.25) is 0 Å². The standard InChI is InChI=1S/C18H15N3O3/c22-17-14(20-18(21-17)19-13-4-2-1-3-5-13)10-12-6-7-15-16(11-12)24-9-8-23-15/h1-7,10-11H,8-9H2,(H2,19,20,21,22)/b14-10-. The highest BCUT2D eigenvalue weighted by molar-refractivity contribution is 6.17. The molecule has 1 amide bonds. The van der Waals surface area contributed by atoms with Crippen LogP contribution < -0.4 is 20.1 Å². The van der Waals surface area contributed by atoms with Gasteiger partial charge in [0, 0.05) is 5.69 Å². The van der Waals surface area contributed by atoms with Crippen LogP contribution >= 0.6 is 0 Å². The number of nitrogens with zero attached hydrogens (tertiary/aromatic N) is 1. The Bertz CT molecular complexity index is 844. The second kappa shape index (κ2) is 6.08. The van der Waals surface area contributed by atoms with Gasteiger partial charge < -0.3 is 14.8 Å². The molecule has 0 aromatic heterocycles. The van der Waals surface area contributed by atoms with E-state index in [9.17, 15) is 4.79 Å². The fourth-order valence-electron chi connectivity index (χ4n) is 2.49. The molecule has 0 aliphatic carbocycles. The van der Waals surface area contributed by atoms with Gasteiger partial charge in [-0.15, -0.1) is 0 Å². The predicted molar refractivity (Wildman–Crippen MR) is 91.1 cm³/mol. The second-order valence-electron chi connectivity index (χ2n) is 5.34. The molecule has 6 heteroatoms. The van der Waals surface area contributed by atoms with Gasteiger partial charge in [-0.05, 0) is 35.9 Å². The first kappa shape index (κ1) is 14.3. The van der Waals surface area contributed by atoms with Crippen LogP contribution in [0.25, 0.3) is 6.08 Å². The molecule has 4 rings (SSSR count). The maximum absolute atomic E-state index is 12.1. The molecule has 2 aromatic carbocycles. The number of hydrogen-bond acceptors (Lipinski definition) is 5. The first-order chi connectivity index (χ1) is 11.8. The molecule has 0 bridgehead atoms. The van der Waals surface area contributed by atoms with Crippen LogP contribution in [0.15, 0.2) is 59.2 Å². The molecule has 0 atom stereocenters. The van der Waals surface area contributed by atoms with E-state index in [1.54, 1.807) is 6.08 Å². The van der Waals surface area contributed by atoms with Gasteiger partial charge in [-0.3, -0.25) is 10.1 Å². The van der Waals surface area contributed by atoms with Crippen molar-refractivity contribution in [3.05, 3.63) is 59.8 Å². The monoisotopic (exact) mass is 321 g/mol. The Morgan fingerprint density at radius 3 is 2.67 bits per heavy atom. The zero-order valence-corrected chi connectivity index (χ0v) is 12.8. The topological polar surface area (TPSA) is 72.0 Å². The molecular weight excluding hydrogens is 306 g/mol. The minimum atomic E-state index is -0.247. The highest BCUT2D eigenvalue weighted by atomic mass is 16.6. The van der Waals surface area contributed by atoms with Gasteiger partial charge in [-0.1, -0.05) is 24.3 Å². The number of nitrogens with one attached hydrogen (secondary N) is 2. The number of para-hydroxylation sites is 1. The van der Waals surface area contributed by atoms with E-state index in [1.165, 1.54) is 0 Å². The summed E-state index contributed by atoms with van der Waals surface area (Å²) in [7, 11) is 0. The van der Waals surface area contributed by atoms with E-state index in [1.807, 2.05) is 48.5 Å². The average molecular weight is 321 g/mol. The minimum Gasteiger partial charge on any atom is -0.486 e. The summed E-state index contributed by atoms with van der Waals surface area (Å²) in [4.78, 5) is 16.4. The Balaban J connectivity index is 1.57. The Hall–Kier alpha value is -3.28. The molecular formula is C18H15N3O3. The molecule has 0 saturated heterocycles. The third-order valence-electron chi connectivity index (χ3n) is 3.60. The summed E-state index contributed by atoms with van der Waals surface area (Å²) in [5.41, 5.74) is 2.02. The number of carbonyl (C=O) groups is 1. The molecule has 120 valence electrons. The van der Waals surface area contributed by atoms with Crippen molar-refractivity contribution in [3.8, 4) is 11.5 Å². The Labute approximate surface area is 138 Å². The van der Waals surface area contributed by atoms with Gasteiger partial charge >= 0.3 is 0 Å². The van der Waals surface area contributed by atoms with Crippen LogP contribution in [0.3, 0.4) is 0 Å². The van der Waals surface area contributed by atoms with Crippen molar-refractivity contribution < 1.29 is 14.3 Å². The van der Waals surface area contributed by atoms with Gasteiger partial charge in [0.25, 0.3) is 5.91 Å². The average Bonchev–Trinajstić information content (AvgIpc) is 2.95. The molecule has 2 heterocycles. The highest BCUT2D eigenvalue weighted by Gasteiger charge is 2.20. The smallest absolute Gasteiger partial charge is 0.276 e. The number of fused-ring (bicyclic) bond motifs is 1. The normalized spacial score (nSPS) is 17.4. The summed E-state index contributed by atoms with van der Waals surface area (Å²) in [5, 5.41) is 5.78. The first-order valence-electron chi connectivity index (χ1n) is 7.61. The zero-order valence-electron chi connectivity index (χ0n) is 12.8. The van der Waals surface area contributed by atoms with Gasteiger partial charge in [0.1, 0.15) is 18.9 Å². The number of guanidine groups is 1. The zero-order chi connectivity index (χ0) is 16.4. The third-order valence-corrected chi connectivity index (χ3v) is 3.60. The van der Waals surface area contributed by atoms with Gasteiger partial charge in [0.2, 0.25) is 5.96 Å². The lowest BCUT2D eigenvalue weighted by Crippen LogP contribution is -2.29. The maximum atomic E-state index is 12.1. The summed E-state index contributed by atoms with van der Waals surface area (Å²) in [6, 6.07) is 15.1. The summed E-state index contributed by atoms with van der Waals surface area (Å²) < 4.78 is 11.0. The number of aliphatic imine (C=N–C) groups is 1. The van der Waals surface area contributed by atoms with Crippen LogP contribution in [0, 0.1) is 0 Å². The number of rotatable bonds is 2. The minimum absolute atomic E-state index is 0.247. The number of hydrogen-bond donors (Lipinski definition) is 2. The lowest BCUT2D eigenvalue weighted by molar-refractivity contribution is -0.115. The molecule has 6 nitrogen and oxygen atoms in total. The molecule has 2 aromatic rings. The molecule has 2 aliphatic heterocycles. The van der Waals surface area contributed by atoms with Gasteiger partial charge in [-0.25, -0.2) is 4.99 Å². The fraction of sp³-hybridized carbons (Fsp3) is 0.111. The van der Waals surface area contributed by atoms with Crippen LogP contribution in [-0.4, -0.2) is 25.1 Å². The van der Waals surface area contributed by atoms with Gasteiger partial charge in [0.05, 0.1) is 0 Å². The van der Waals surface area contributed by atoms with E-state index >= 15 is 0 Å². The summed E-state index contributed by atoms with van der Waals surface area (Å²) in [6.07, 6.45) is 1.72. The quantitative estimate of drug-likeness (QED) is 0.833. The SMILES string of the molecule is O=C1NC(Nc2ccccc2)=N/C1=C\c1ccc2c(c1)OCCO2. The third kappa shape index (κ3) is 2.94. The Morgan fingerprint density at radius 2 is 1.83 bits per heavy atom. The number of benzene rings is 2. The molecule has 0 saturated carbocycles. The van der Waals surface area contributed by atoms with Crippen molar-refractivity contribution in [2.75, 3.05) is 18.5 Å². The first-order valence-corrected chi connectivity index (χ1v) is 7.61. The molecule has 0 unspecified atom stereocenters. The van der Waals surface area contributed by atoms with Crippen LogP contribution in [-0.2, 0) is 4.79 Å². The van der Waals surface area contributed by atoms with Gasteiger partial charge in [-0.2, -0.15) is 0 Å². The molecule has 0 fully saturated rings. The summed E-state index contributed by atoms with van der Waals surface area (Å²) >= 11 is 0.